The van der Waals surface area contributed by atoms with Crippen LogP contribution in [-0.4, -0.2) is 31.9 Å². The minimum Gasteiger partial charge on any atom is -0.467 e. The third-order valence-corrected chi connectivity index (χ3v) is 8.85. The highest BCUT2D eigenvalue weighted by Gasteiger charge is 2.33. The molecule has 0 aliphatic heterocycles. The van der Waals surface area contributed by atoms with Crippen LogP contribution in [0.3, 0.4) is 0 Å². The van der Waals surface area contributed by atoms with Gasteiger partial charge in [-0.25, -0.2) is 0 Å². The summed E-state index contributed by atoms with van der Waals surface area (Å²) >= 11 is 0. The molecule has 2 unspecified atom stereocenters. The average Bonchev–Trinajstić information content (AvgIpc) is 2.77. The van der Waals surface area contributed by atoms with E-state index in [0.29, 0.717) is 8.58 Å². The van der Waals surface area contributed by atoms with Crippen LogP contribution >= 0.6 is 8.58 Å². The van der Waals surface area contributed by atoms with Crippen LogP contribution in [0.25, 0.3) is 0 Å². The van der Waals surface area contributed by atoms with Gasteiger partial charge in [-0.15, -0.1) is 0 Å². The first-order chi connectivity index (χ1) is 15.5. The van der Waals surface area contributed by atoms with E-state index >= 15 is 0 Å². The molecule has 2 aromatic rings. The molecule has 0 bridgehead atoms. The molecule has 3 nitrogen and oxygen atoms in total. The summed E-state index contributed by atoms with van der Waals surface area (Å²) in [6.07, 6.45) is 1.04. The summed E-state index contributed by atoms with van der Waals surface area (Å²) in [6, 6.07) is 11.4. The molecule has 2 rings (SSSR count). The highest BCUT2D eigenvalue weighted by atomic mass is 31.1. The normalized spacial score (nSPS) is 14.3. The van der Waals surface area contributed by atoms with E-state index in [-0.39, 0.29) is 17.4 Å². The number of aryl methyl sites for hydroxylation is 2. The van der Waals surface area contributed by atoms with Crippen molar-refractivity contribution in [3.63, 3.8) is 0 Å². The Morgan fingerprint density at radius 1 is 0.939 bits per heavy atom. The molecule has 0 N–H and O–H groups in total. The lowest BCUT2D eigenvalue weighted by Crippen LogP contribution is -2.28. The summed E-state index contributed by atoms with van der Waals surface area (Å²) in [4.78, 5) is 2.50. The smallest absolute Gasteiger partial charge is 0.188 e. The molecule has 33 heavy (non-hydrogen) atoms. The Morgan fingerprint density at radius 3 is 2.12 bits per heavy atom. The van der Waals surface area contributed by atoms with Crippen molar-refractivity contribution >= 4 is 13.9 Å². The molecule has 0 fully saturated rings. The standard InChI is InChI=1S/C29H46NO2P/c1-11-29(9,33-27-22(5)15-14-16-23(27)19-30(12-2)13-3)25-18-21(4)17-24(28(6,7)8)26(25)32-20-31-10/h14-18,33H,11-13,19-20H2,1-10H3. The molecular formula is C29H46NO2P. The van der Waals surface area contributed by atoms with Gasteiger partial charge in [-0.05, 0) is 55.2 Å². The van der Waals surface area contributed by atoms with Crippen molar-refractivity contribution in [3.8, 4) is 5.75 Å². The van der Waals surface area contributed by atoms with Crippen molar-refractivity contribution < 1.29 is 9.47 Å². The summed E-state index contributed by atoms with van der Waals surface area (Å²) in [7, 11) is 2.35. The molecule has 184 valence electrons. The molecule has 0 heterocycles. The fourth-order valence-electron chi connectivity index (χ4n) is 4.36. The molecule has 0 amide bonds. The van der Waals surface area contributed by atoms with Gasteiger partial charge in [0, 0.05) is 29.9 Å². The van der Waals surface area contributed by atoms with Gasteiger partial charge in [0.2, 0.25) is 0 Å². The second kappa shape index (κ2) is 11.8. The summed E-state index contributed by atoms with van der Waals surface area (Å²) in [5.41, 5.74) is 6.69. The van der Waals surface area contributed by atoms with Crippen LogP contribution in [-0.2, 0) is 21.9 Å². The Balaban J connectivity index is 2.66. The second-order valence-electron chi connectivity index (χ2n) is 10.4. The van der Waals surface area contributed by atoms with Gasteiger partial charge in [-0.1, -0.05) is 92.9 Å². The summed E-state index contributed by atoms with van der Waals surface area (Å²) < 4.78 is 11.7. The molecule has 0 spiro atoms. The lowest BCUT2D eigenvalue weighted by Gasteiger charge is -2.35. The first-order valence-electron chi connectivity index (χ1n) is 12.4. The predicted octanol–water partition coefficient (Wildman–Crippen LogP) is 7.05. The zero-order chi connectivity index (χ0) is 24.8. The molecule has 0 radical (unpaired) electrons. The van der Waals surface area contributed by atoms with Crippen molar-refractivity contribution in [3.05, 3.63) is 58.1 Å². The van der Waals surface area contributed by atoms with Crippen molar-refractivity contribution in [2.45, 2.75) is 85.9 Å². The summed E-state index contributed by atoms with van der Waals surface area (Å²) in [5, 5.41) is 1.48. The minimum absolute atomic E-state index is 0.0157. The van der Waals surface area contributed by atoms with Crippen molar-refractivity contribution in [1.82, 2.24) is 4.90 Å². The van der Waals surface area contributed by atoms with E-state index in [9.17, 15) is 0 Å². The van der Waals surface area contributed by atoms with E-state index in [2.05, 4.69) is 97.5 Å². The Labute approximate surface area is 205 Å². The summed E-state index contributed by atoms with van der Waals surface area (Å²) in [5.74, 6) is 1.01. The monoisotopic (exact) mass is 471 g/mol. The van der Waals surface area contributed by atoms with Gasteiger partial charge in [0.15, 0.2) is 6.79 Å². The van der Waals surface area contributed by atoms with E-state index in [1.165, 1.54) is 33.1 Å². The van der Waals surface area contributed by atoms with Crippen molar-refractivity contribution in [2.75, 3.05) is 27.0 Å². The lowest BCUT2D eigenvalue weighted by molar-refractivity contribution is 0.0487. The maximum absolute atomic E-state index is 6.32. The largest absolute Gasteiger partial charge is 0.467 e. The topological polar surface area (TPSA) is 21.7 Å². The molecule has 0 aromatic heterocycles. The van der Waals surface area contributed by atoms with Crippen LogP contribution in [0.2, 0.25) is 0 Å². The van der Waals surface area contributed by atoms with Gasteiger partial charge >= 0.3 is 0 Å². The Bertz CT molecular complexity index is 915. The van der Waals surface area contributed by atoms with E-state index in [1.807, 2.05) is 0 Å². The van der Waals surface area contributed by atoms with Crippen LogP contribution in [0.15, 0.2) is 30.3 Å². The minimum atomic E-state index is -0.0286. The van der Waals surface area contributed by atoms with Crippen LogP contribution in [0.5, 0.6) is 5.75 Å². The second-order valence-corrected chi connectivity index (χ2v) is 12.2. The Kier molecular flexibility index (Phi) is 9.97. The number of benzene rings is 2. The van der Waals surface area contributed by atoms with Crippen LogP contribution in [0.4, 0.5) is 0 Å². The number of ether oxygens (including phenoxy) is 2. The number of hydrogen-bond acceptors (Lipinski definition) is 3. The molecule has 0 aliphatic carbocycles. The third kappa shape index (κ3) is 6.81. The Morgan fingerprint density at radius 2 is 1.58 bits per heavy atom. The Hall–Kier alpha value is -1.41. The molecule has 0 saturated heterocycles. The van der Waals surface area contributed by atoms with E-state index < -0.39 is 0 Å². The highest BCUT2D eigenvalue weighted by molar-refractivity contribution is 7.48. The predicted molar refractivity (Wildman–Crippen MR) is 146 cm³/mol. The van der Waals surface area contributed by atoms with Gasteiger partial charge in [0.1, 0.15) is 5.75 Å². The van der Waals surface area contributed by atoms with Crippen molar-refractivity contribution in [2.24, 2.45) is 0 Å². The van der Waals surface area contributed by atoms with Crippen molar-refractivity contribution in [1.29, 1.82) is 0 Å². The van der Waals surface area contributed by atoms with Gasteiger partial charge in [0.05, 0.1) is 0 Å². The van der Waals surface area contributed by atoms with Gasteiger partial charge in [-0.3, -0.25) is 4.90 Å². The number of hydrogen-bond donors (Lipinski definition) is 0. The van der Waals surface area contributed by atoms with Gasteiger partial charge in [-0.2, -0.15) is 0 Å². The maximum atomic E-state index is 6.32. The van der Waals surface area contributed by atoms with Crippen LogP contribution in [0.1, 0.15) is 82.7 Å². The van der Waals surface area contributed by atoms with E-state index in [0.717, 1.165) is 31.8 Å². The van der Waals surface area contributed by atoms with Gasteiger partial charge < -0.3 is 9.47 Å². The molecule has 2 aromatic carbocycles. The first-order valence-corrected chi connectivity index (χ1v) is 13.4. The van der Waals surface area contributed by atoms with Crippen LogP contribution < -0.4 is 10.0 Å². The molecule has 0 aliphatic rings. The molecule has 0 saturated carbocycles. The van der Waals surface area contributed by atoms with E-state index in [1.54, 1.807) is 7.11 Å². The maximum Gasteiger partial charge on any atom is 0.188 e. The molecule has 2 atom stereocenters. The zero-order valence-corrected chi connectivity index (χ0v) is 23.7. The fourth-order valence-corrected chi connectivity index (χ4v) is 6.02. The number of nitrogens with zero attached hydrogens (tertiary/aromatic N) is 1. The highest BCUT2D eigenvalue weighted by Crippen LogP contribution is 2.50. The SMILES string of the molecule is CCN(CC)Cc1cccc(C)c1PC(C)(CC)c1cc(C)cc(C(C)(C)C)c1OCOC. The third-order valence-electron chi connectivity index (χ3n) is 6.71. The summed E-state index contributed by atoms with van der Waals surface area (Å²) in [6.45, 7) is 23.9. The zero-order valence-electron chi connectivity index (χ0n) is 22.7. The quantitative estimate of drug-likeness (QED) is 0.259. The molecule has 4 heteroatoms. The van der Waals surface area contributed by atoms with E-state index in [4.69, 9.17) is 9.47 Å². The fraction of sp³-hybridized carbons (Fsp3) is 0.586. The number of rotatable bonds is 11. The number of methoxy groups -OCH3 is 1. The van der Waals surface area contributed by atoms with Gasteiger partial charge in [0.25, 0.3) is 0 Å². The average molecular weight is 472 g/mol. The molecular weight excluding hydrogens is 425 g/mol. The van der Waals surface area contributed by atoms with Crippen LogP contribution in [0, 0.1) is 13.8 Å². The lowest BCUT2D eigenvalue weighted by atomic mass is 9.81. The first kappa shape index (κ1) is 27.8.